The van der Waals surface area contributed by atoms with Crippen molar-refractivity contribution in [2.45, 2.75) is 83.2 Å². The summed E-state index contributed by atoms with van der Waals surface area (Å²) >= 11 is 0. The lowest BCUT2D eigenvalue weighted by Crippen LogP contribution is -2.37. The molecule has 4 aliphatic rings. The number of amides is 1. The average molecular weight is 540 g/mol. The van der Waals surface area contributed by atoms with E-state index in [9.17, 15) is 9.90 Å². The number of imidazole rings is 1. The van der Waals surface area contributed by atoms with Crippen LogP contribution >= 0.6 is 0 Å². The molecule has 3 aromatic rings. The Morgan fingerprint density at radius 3 is 2.62 bits per heavy atom. The molecule has 0 saturated heterocycles. The number of nitrogens with one attached hydrogen (secondary N) is 3. The molecule has 9 nitrogen and oxygen atoms in total. The third-order valence-electron chi connectivity index (χ3n) is 10.0. The summed E-state index contributed by atoms with van der Waals surface area (Å²) in [7, 11) is 0. The molecule has 1 aliphatic heterocycles. The second-order valence-electron chi connectivity index (χ2n) is 12.3. The van der Waals surface area contributed by atoms with Gasteiger partial charge in [-0.2, -0.15) is 0 Å². The minimum Gasteiger partial charge on any atom is -0.465 e. The van der Waals surface area contributed by atoms with E-state index in [0.29, 0.717) is 35.1 Å². The molecular weight excluding hydrogens is 502 g/mol. The van der Waals surface area contributed by atoms with Gasteiger partial charge in [0, 0.05) is 18.5 Å². The number of carbonyl (C=O) groups is 1. The molecule has 3 heterocycles. The summed E-state index contributed by atoms with van der Waals surface area (Å²) in [5.41, 5.74) is 6.01. The lowest BCUT2D eigenvalue weighted by Gasteiger charge is -2.47. The Morgan fingerprint density at radius 2 is 1.90 bits per heavy atom. The predicted octanol–water partition coefficient (Wildman–Crippen LogP) is 6.04. The lowest BCUT2D eigenvalue weighted by atomic mass is 9.61. The number of nitrogens with zero attached hydrogens (tertiary/aromatic N) is 4. The Bertz CT molecular complexity index is 1520. The molecule has 0 spiro atoms. The van der Waals surface area contributed by atoms with Crippen LogP contribution in [0.25, 0.3) is 11.2 Å². The van der Waals surface area contributed by atoms with Crippen LogP contribution in [-0.2, 0) is 6.54 Å². The van der Waals surface area contributed by atoms with Gasteiger partial charge < -0.3 is 15.0 Å². The molecule has 0 radical (unpaired) electrons. The number of anilines is 1. The van der Waals surface area contributed by atoms with Crippen LogP contribution in [0.3, 0.4) is 0 Å². The minimum atomic E-state index is -1.30. The van der Waals surface area contributed by atoms with Crippen molar-refractivity contribution in [3.05, 3.63) is 58.7 Å². The summed E-state index contributed by atoms with van der Waals surface area (Å²) in [5, 5.41) is 23.4. The molecule has 40 heavy (non-hydrogen) atoms. The van der Waals surface area contributed by atoms with Crippen molar-refractivity contribution in [2.24, 2.45) is 17.8 Å². The topological polar surface area (TPSA) is 129 Å². The van der Waals surface area contributed by atoms with Gasteiger partial charge in [0.1, 0.15) is 11.3 Å². The molecule has 208 valence electrons. The molecule has 1 amide bonds. The maximum Gasteiger partial charge on any atom is 0.410 e. The van der Waals surface area contributed by atoms with Crippen LogP contribution in [-0.4, -0.2) is 42.6 Å². The Kier molecular flexibility index (Phi) is 6.13. The Morgan fingerprint density at radius 1 is 1.10 bits per heavy atom. The van der Waals surface area contributed by atoms with Gasteiger partial charge in [-0.15, -0.1) is 0 Å². The van der Waals surface area contributed by atoms with E-state index in [4.69, 9.17) is 15.4 Å². The molecule has 3 unspecified atom stereocenters. The summed E-state index contributed by atoms with van der Waals surface area (Å²) < 4.78 is 2.36. The first-order valence-electron chi connectivity index (χ1n) is 14.8. The number of amidine groups is 1. The number of aromatic nitrogens is 4. The number of allylic oxidation sites excluding steroid dienone is 2. The van der Waals surface area contributed by atoms with Gasteiger partial charge in [0.25, 0.3) is 0 Å². The van der Waals surface area contributed by atoms with Gasteiger partial charge >= 0.3 is 6.09 Å². The molecule has 1 aromatic carbocycles. The maximum absolute atomic E-state index is 11.3. The highest BCUT2D eigenvalue weighted by Gasteiger charge is 2.46. The number of benzene rings is 1. The first kappa shape index (κ1) is 25.2. The van der Waals surface area contributed by atoms with E-state index in [-0.39, 0.29) is 23.6 Å². The fraction of sp³-hybridized carbons (Fsp3) is 0.516. The Hall–Kier alpha value is -3.75. The quantitative estimate of drug-likeness (QED) is 0.178. The molecule has 9 heteroatoms. The van der Waals surface area contributed by atoms with Crippen LogP contribution in [0.15, 0.2) is 41.5 Å². The Balaban J connectivity index is 1.42. The van der Waals surface area contributed by atoms with E-state index in [1.54, 1.807) is 11.1 Å². The Labute approximate surface area is 234 Å². The van der Waals surface area contributed by atoms with Gasteiger partial charge in [0.15, 0.2) is 23.1 Å². The number of rotatable bonds is 5. The zero-order chi connectivity index (χ0) is 27.5. The first-order valence-corrected chi connectivity index (χ1v) is 14.8. The number of carboxylic acid groups (broad SMARTS) is 1. The highest BCUT2D eigenvalue weighted by molar-refractivity contribution is 6.03. The molecule has 1 saturated carbocycles. The number of hydrogen-bond donors (Lipinski definition) is 4. The third kappa shape index (κ3) is 4.09. The summed E-state index contributed by atoms with van der Waals surface area (Å²) in [6.07, 6.45) is 6.96. The van der Waals surface area contributed by atoms with Crippen molar-refractivity contribution < 1.29 is 9.90 Å². The molecule has 3 aliphatic carbocycles. The standard InChI is InChI=1S/C31H37N7O2/c1-16-11-12-20-15-38-25-27(33-17(2)18-9-6-10-18)35-29(26(32)34-31(39)40)36-28(25)37-30(38)24-22(14-13-21(16)23(20)24)19-7-4-3-5-8-19/h3-5,7-8,16-18,20,22,24H,6,9-15H2,1-2H3,(H2,32,34)(H,39,40)(H,33,35,36)/t16-,17-,20?,22?,24?/m1/s1. The maximum atomic E-state index is 11.3. The average Bonchev–Trinajstić information content (AvgIpc) is 3.28. The first-order chi connectivity index (χ1) is 19.4. The van der Waals surface area contributed by atoms with Gasteiger partial charge in [-0.05, 0) is 74.7 Å². The third-order valence-corrected chi connectivity index (χ3v) is 10.0. The van der Waals surface area contributed by atoms with Crippen molar-refractivity contribution in [3.63, 3.8) is 0 Å². The molecule has 1 fully saturated rings. The van der Waals surface area contributed by atoms with Gasteiger partial charge in [-0.25, -0.2) is 19.7 Å². The van der Waals surface area contributed by atoms with Crippen LogP contribution in [0.4, 0.5) is 10.6 Å². The predicted molar refractivity (Wildman–Crippen MR) is 154 cm³/mol. The minimum absolute atomic E-state index is 0.0443. The van der Waals surface area contributed by atoms with Crippen molar-refractivity contribution in [1.29, 1.82) is 5.41 Å². The molecule has 7 rings (SSSR count). The van der Waals surface area contributed by atoms with Crippen LogP contribution in [0.5, 0.6) is 0 Å². The van der Waals surface area contributed by atoms with E-state index in [2.05, 4.69) is 64.4 Å². The van der Waals surface area contributed by atoms with E-state index in [1.165, 1.54) is 37.7 Å². The summed E-state index contributed by atoms with van der Waals surface area (Å²) in [5.74, 6) is 3.56. The van der Waals surface area contributed by atoms with Gasteiger partial charge in [-0.3, -0.25) is 10.7 Å². The number of fused-ring (bicyclic) bond motifs is 4. The SMILES string of the molecule is C[C@@H]1CCC2Cn3c(nc4nc(C(=N)NC(=O)O)nc(N[C@H](C)C5CCC5)c43)C3C2=C1CCC3c1ccccc1. The monoisotopic (exact) mass is 539 g/mol. The van der Waals surface area contributed by atoms with E-state index in [0.717, 1.165) is 30.7 Å². The summed E-state index contributed by atoms with van der Waals surface area (Å²) in [6.45, 7) is 5.43. The molecular formula is C31H37N7O2. The normalized spacial score (nSPS) is 26.4. The van der Waals surface area contributed by atoms with Crippen molar-refractivity contribution in [1.82, 2.24) is 24.8 Å². The van der Waals surface area contributed by atoms with Crippen molar-refractivity contribution >= 4 is 28.9 Å². The fourth-order valence-electron chi connectivity index (χ4n) is 7.78. The molecule has 4 N–H and O–H groups in total. The molecule has 2 aromatic heterocycles. The van der Waals surface area contributed by atoms with E-state index in [1.807, 2.05) is 0 Å². The van der Waals surface area contributed by atoms with Crippen LogP contribution < -0.4 is 10.6 Å². The summed E-state index contributed by atoms with van der Waals surface area (Å²) in [6, 6.07) is 11.1. The van der Waals surface area contributed by atoms with Crippen LogP contribution in [0, 0.1) is 23.2 Å². The second kappa shape index (κ2) is 9.71. The van der Waals surface area contributed by atoms with Gasteiger partial charge in [-0.1, -0.05) is 54.8 Å². The van der Waals surface area contributed by atoms with Crippen LogP contribution in [0.1, 0.15) is 87.8 Å². The second-order valence-corrected chi connectivity index (χ2v) is 12.3. The van der Waals surface area contributed by atoms with Crippen molar-refractivity contribution in [2.75, 3.05) is 5.32 Å². The molecule has 5 atom stereocenters. The van der Waals surface area contributed by atoms with Crippen molar-refractivity contribution in [3.8, 4) is 0 Å². The van der Waals surface area contributed by atoms with Crippen LogP contribution in [0.2, 0.25) is 0 Å². The van der Waals surface area contributed by atoms with Gasteiger partial charge in [0.2, 0.25) is 0 Å². The van der Waals surface area contributed by atoms with E-state index < -0.39 is 6.09 Å². The number of hydrogen-bond acceptors (Lipinski definition) is 6. The van der Waals surface area contributed by atoms with E-state index >= 15 is 0 Å². The highest BCUT2D eigenvalue weighted by atomic mass is 16.4. The lowest BCUT2D eigenvalue weighted by molar-refractivity contribution is 0.200. The fourth-order valence-corrected chi connectivity index (χ4v) is 7.78. The largest absolute Gasteiger partial charge is 0.465 e. The zero-order valence-corrected chi connectivity index (χ0v) is 23.2. The highest BCUT2D eigenvalue weighted by Crippen LogP contribution is 2.57. The smallest absolute Gasteiger partial charge is 0.410 e. The molecule has 0 bridgehead atoms. The zero-order valence-electron chi connectivity index (χ0n) is 23.2. The van der Waals surface area contributed by atoms with Gasteiger partial charge in [0.05, 0.1) is 0 Å². The summed E-state index contributed by atoms with van der Waals surface area (Å²) in [4.78, 5) is 25.9.